The molecule has 1 N–H and O–H groups in total. The third-order valence-electron chi connectivity index (χ3n) is 6.17. The maximum atomic E-state index is 13.4. The van der Waals surface area contributed by atoms with Crippen molar-refractivity contribution in [2.75, 3.05) is 33.8 Å². The van der Waals surface area contributed by atoms with Gasteiger partial charge in [-0.05, 0) is 44.0 Å². The van der Waals surface area contributed by atoms with Gasteiger partial charge in [-0.15, -0.1) is 12.4 Å². The molecular formula is C22H34ClN3O3. The van der Waals surface area contributed by atoms with E-state index in [0.29, 0.717) is 19.0 Å². The van der Waals surface area contributed by atoms with E-state index in [1.54, 1.807) is 7.11 Å². The van der Waals surface area contributed by atoms with Gasteiger partial charge in [-0.2, -0.15) is 0 Å². The molecule has 2 aliphatic rings. The summed E-state index contributed by atoms with van der Waals surface area (Å²) in [6, 6.07) is 8.11. The second-order valence-electron chi connectivity index (χ2n) is 7.86. The fraction of sp³-hybridized carbons (Fsp3) is 0.636. The molecule has 2 saturated heterocycles. The van der Waals surface area contributed by atoms with Gasteiger partial charge in [-0.25, -0.2) is 0 Å². The van der Waals surface area contributed by atoms with Gasteiger partial charge in [-0.3, -0.25) is 9.59 Å². The predicted molar refractivity (Wildman–Crippen MR) is 116 cm³/mol. The van der Waals surface area contributed by atoms with Crippen LogP contribution in [-0.4, -0.2) is 61.4 Å². The van der Waals surface area contributed by atoms with Crippen molar-refractivity contribution in [1.29, 1.82) is 0 Å². The normalized spacial score (nSPS) is 22.5. The molecule has 2 atom stereocenters. The van der Waals surface area contributed by atoms with Crippen LogP contribution < -0.4 is 10.1 Å². The van der Waals surface area contributed by atoms with Crippen molar-refractivity contribution < 1.29 is 14.3 Å². The molecule has 0 aliphatic carbocycles. The van der Waals surface area contributed by atoms with E-state index in [2.05, 4.69) is 12.2 Å². The lowest BCUT2D eigenvalue weighted by Crippen LogP contribution is -2.46. The SMILES string of the molecule is CCCCN1C(=O)CC(C(=O)N2CCC(NC)CC2)C1c1ccc(OC)cc1.Cl. The Balaban J connectivity index is 0.00000300. The van der Waals surface area contributed by atoms with E-state index >= 15 is 0 Å². The number of hydrogen-bond donors (Lipinski definition) is 1. The number of benzene rings is 1. The number of likely N-dealkylation sites (tertiary alicyclic amines) is 2. The minimum Gasteiger partial charge on any atom is -0.497 e. The number of piperidine rings is 1. The Morgan fingerprint density at radius 2 is 1.86 bits per heavy atom. The molecule has 0 aromatic heterocycles. The van der Waals surface area contributed by atoms with Gasteiger partial charge in [0.05, 0.1) is 19.1 Å². The summed E-state index contributed by atoms with van der Waals surface area (Å²) in [4.78, 5) is 30.1. The number of carbonyl (C=O) groups is 2. The fourth-order valence-corrected chi connectivity index (χ4v) is 4.44. The van der Waals surface area contributed by atoms with Crippen LogP contribution in [0.4, 0.5) is 0 Å². The lowest BCUT2D eigenvalue weighted by molar-refractivity contribution is -0.137. The first-order chi connectivity index (χ1) is 13.6. The number of carbonyl (C=O) groups excluding carboxylic acids is 2. The fourth-order valence-electron chi connectivity index (χ4n) is 4.44. The summed E-state index contributed by atoms with van der Waals surface area (Å²) in [6.07, 6.45) is 4.22. The van der Waals surface area contributed by atoms with Crippen LogP contribution in [-0.2, 0) is 9.59 Å². The van der Waals surface area contributed by atoms with Crippen molar-refractivity contribution in [2.24, 2.45) is 5.92 Å². The molecule has 0 radical (unpaired) electrons. The van der Waals surface area contributed by atoms with Crippen molar-refractivity contribution in [1.82, 2.24) is 15.1 Å². The van der Waals surface area contributed by atoms with E-state index in [-0.39, 0.29) is 36.2 Å². The van der Waals surface area contributed by atoms with Gasteiger partial charge in [0.2, 0.25) is 11.8 Å². The molecule has 162 valence electrons. The maximum Gasteiger partial charge on any atom is 0.228 e. The smallest absolute Gasteiger partial charge is 0.228 e. The predicted octanol–water partition coefficient (Wildman–Crippen LogP) is 3.02. The van der Waals surface area contributed by atoms with Crippen LogP contribution in [0.5, 0.6) is 5.75 Å². The number of rotatable bonds is 7. The molecule has 6 nitrogen and oxygen atoms in total. The molecule has 7 heteroatoms. The number of halogens is 1. The molecule has 1 aromatic rings. The average Bonchev–Trinajstić information content (AvgIpc) is 3.07. The highest BCUT2D eigenvalue weighted by Crippen LogP contribution is 2.40. The van der Waals surface area contributed by atoms with Crippen molar-refractivity contribution in [3.8, 4) is 5.75 Å². The minimum absolute atomic E-state index is 0. The number of hydrogen-bond acceptors (Lipinski definition) is 4. The monoisotopic (exact) mass is 423 g/mol. The number of nitrogens with zero attached hydrogens (tertiary/aromatic N) is 2. The van der Waals surface area contributed by atoms with Crippen LogP contribution in [0, 0.1) is 5.92 Å². The Bertz CT molecular complexity index is 674. The first-order valence-corrected chi connectivity index (χ1v) is 10.5. The van der Waals surface area contributed by atoms with Crippen molar-refractivity contribution in [3.05, 3.63) is 29.8 Å². The van der Waals surface area contributed by atoms with Crippen molar-refractivity contribution in [3.63, 3.8) is 0 Å². The quantitative estimate of drug-likeness (QED) is 0.732. The number of methoxy groups -OCH3 is 1. The second-order valence-corrected chi connectivity index (χ2v) is 7.86. The zero-order valence-electron chi connectivity index (χ0n) is 17.7. The maximum absolute atomic E-state index is 13.4. The van der Waals surface area contributed by atoms with Crippen LogP contribution >= 0.6 is 12.4 Å². The summed E-state index contributed by atoms with van der Waals surface area (Å²) in [5.74, 6) is 0.703. The highest BCUT2D eigenvalue weighted by Gasteiger charge is 2.45. The van der Waals surface area contributed by atoms with Crippen molar-refractivity contribution in [2.45, 2.75) is 51.1 Å². The Labute approximate surface area is 180 Å². The molecule has 0 saturated carbocycles. The molecule has 2 unspecified atom stereocenters. The molecule has 2 amide bonds. The van der Waals surface area contributed by atoms with Crippen LogP contribution in [0.1, 0.15) is 50.6 Å². The number of ether oxygens (including phenoxy) is 1. The third-order valence-corrected chi connectivity index (χ3v) is 6.17. The Morgan fingerprint density at radius 1 is 1.21 bits per heavy atom. The molecular weight excluding hydrogens is 390 g/mol. The highest BCUT2D eigenvalue weighted by molar-refractivity contribution is 5.90. The molecule has 2 heterocycles. The summed E-state index contributed by atoms with van der Waals surface area (Å²) in [6.45, 7) is 4.35. The van der Waals surface area contributed by atoms with E-state index < -0.39 is 0 Å². The summed E-state index contributed by atoms with van der Waals surface area (Å²) in [7, 11) is 3.62. The second kappa shape index (κ2) is 10.8. The van der Waals surface area contributed by atoms with Crippen LogP contribution in [0.3, 0.4) is 0 Å². The topological polar surface area (TPSA) is 61.9 Å². The largest absolute Gasteiger partial charge is 0.497 e. The highest BCUT2D eigenvalue weighted by atomic mass is 35.5. The van der Waals surface area contributed by atoms with E-state index in [4.69, 9.17) is 4.74 Å². The van der Waals surface area contributed by atoms with Gasteiger partial charge < -0.3 is 19.9 Å². The van der Waals surface area contributed by atoms with Gasteiger partial charge in [0, 0.05) is 32.1 Å². The summed E-state index contributed by atoms with van der Waals surface area (Å²) < 4.78 is 5.27. The van der Waals surface area contributed by atoms with Gasteiger partial charge in [-0.1, -0.05) is 25.5 Å². The summed E-state index contributed by atoms with van der Waals surface area (Å²) in [5, 5.41) is 3.30. The van der Waals surface area contributed by atoms with Gasteiger partial charge in [0.15, 0.2) is 0 Å². The summed E-state index contributed by atoms with van der Waals surface area (Å²) in [5.41, 5.74) is 1.02. The lowest BCUT2D eigenvalue weighted by atomic mass is 9.91. The number of amides is 2. The zero-order valence-corrected chi connectivity index (χ0v) is 18.5. The van der Waals surface area contributed by atoms with Crippen LogP contribution in [0.15, 0.2) is 24.3 Å². The Hall–Kier alpha value is -1.79. The molecule has 0 bridgehead atoms. The van der Waals surface area contributed by atoms with E-state index in [1.807, 2.05) is 41.1 Å². The van der Waals surface area contributed by atoms with Crippen LogP contribution in [0.25, 0.3) is 0 Å². The Morgan fingerprint density at radius 3 is 2.41 bits per heavy atom. The van der Waals surface area contributed by atoms with E-state index in [1.165, 1.54) is 0 Å². The molecule has 0 spiro atoms. The first kappa shape index (κ1) is 23.5. The van der Waals surface area contributed by atoms with Gasteiger partial charge in [0.25, 0.3) is 0 Å². The molecule has 2 aliphatic heterocycles. The number of nitrogens with one attached hydrogen (secondary N) is 1. The first-order valence-electron chi connectivity index (χ1n) is 10.5. The molecule has 1 aromatic carbocycles. The van der Waals surface area contributed by atoms with Crippen molar-refractivity contribution >= 4 is 24.2 Å². The van der Waals surface area contributed by atoms with E-state index in [0.717, 1.165) is 50.1 Å². The van der Waals surface area contributed by atoms with E-state index in [9.17, 15) is 9.59 Å². The van der Waals surface area contributed by atoms with Gasteiger partial charge in [0.1, 0.15) is 5.75 Å². The summed E-state index contributed by atoms with van der Waals surface area (Å²) >= 11 is 0. The molecule has 3 rings (SSSR count). The zero-order chi connectivity index (χ0) is 20.1. The lowest BCUT2D eigenvalue weighted by Gasteiger charge is -2.35. The van der Waals surface area contributed by atoms with Crippen LogP contribution in [0.2, 0.25) is 0 Å². The Kier molecular flexibility index (Phi) is 8.78. The average molecular weight is 424 g/mol. The third kappa shape index (κ3) is 5.23. The molecule has 2 fully saturated rings. The van der Waals surface area contributed by atoms with Gasteiger partial charge >= 0.3 is 0 Å². The standard InChI is InChI=1S/C22H33N3O3.ClH/c1-4-5-12-25-20(26)15-19(21(25)16-6-8-18(28-3)9-7-16)22(27)24-13-10-17(23-2)11-14-24;/h6-9,17,19,21,23H,4-5,10-15H2,1-3H3;1H. The molecule has 29 heavy (non-hydrogen) atoms. The number of unbranched alkanes of at least 4 members (excludes halogenated alkanes) is 1. The minimum atomic E-state index is -0.302.